The van der Waals surface area contributed by atoms with Crippen LogP contribution in [-0.4, -0.2) is 28.4 Å². The Morgan fingerprint density at radius 2 is 2.47 bits per heavy atom. The van der Waals surface area contributed by atoms with Gasteiger partial charge in [-0.05, 0) is 34.4 Å². The van der Waals surface area contributed by atoms with Crippen molar-refractivity contribution in [1.82, 2.24) is 9.97 Å². The molecular weight excluding hydrogens is 369 g/mol. The van der Waals surface area contributed by atoms with Crippen LogP contribution in [0.4, 0.5) is 5.82 Å². The first kappa shape index (κ1) is 11.6. The summed E-state index contributed by atoms with van der Waals surface area (Å²) in [5.74, 6) is 1.08. The van der Waals surface area contributed by atoms with Crippen molar-refractivity contribution in [3.8, 4) is 0 Å². The maximum atomic E-state index is 4.35. The van der Waals surface area contributed by atoms with Crippen molar-refractivity contribution in [3.05, 3.63) is 16.1 Å². The van der Waals surface area contributed by atoms with Crippen molar-refractivity contribution < 1.29 is 0 Å². The zero-order chi connectivity index (χ0) is 10.9. The third-order valence-corrected chi connectivity index (χ3v) is 4.94. The number of hydrogen-bond acceptors (Lipinski definition) is 3. The zero-order valence-corrected chi connectivity index (χ0v) is 12.3. The molecule has 0 N–H and O–H groups in total. The average molecular weight is 382 g/mol. The first-order valence-electron chi connectivity index (χ1n) is 4.91. The van der Waals surface area contributed by atoms with Crippen molar-refractivity contribution >= 4 is 44.3 Å². The number of hydrogen-bond donors (Lipinski definition) is 0. The highest BCUT2D eigenvalue weighted by Crippen LogP contribution is 2.34. The second kappa shape index (κ2) is 4.53. The fraction of sp³-hybridized carbons (Fsp3) is 0.600. The summed E-state index contributed by atoms with van der Waals surface area (Å²) in [5.41, 5.74) is 0.383. The maximum Gasteiger partial charge on any atom is 0.145 e. The van der Waals surface area contributed by atoms with Gasteiger partial charge in [0.15, 0.2) is 0 Å². The SMILES string of the molecule is CC1(CBr)CCN(c2ncncc2I)C1. The number of alkyl halides is 1. The molecule has 0 saturated carbocycles. The van der Waals surface area contributed by atoms with Gasteiger partial charge in [-0.1, -0.05) is 22.9 Å². The third kappa shape index (κ3) is 2.43. The molecule has 0 aromatic carbocycles. The third-order valence-electron chi connectivity index (χ3n) is 2.83. The molecule has 1 aromatic rings. The lowest BCUT2D eigenvalue weighted by Crippen LogP contribution is -2.27. The standard InChI is InChI=1S/C10H13BrIN3/c1-10(5-11)2-3-15(6-10)9-8(12)4-13-7-14-9/h4,7H,2-3,5-6H2,1H3. The molecule has 0 aliphatic carbocycles. The Balaban J connectivity index is 2.18. The van der Waals surface area contributed by atoms with Gasteiger partial charge in [0, 0.05) is 24.6 Å². The van der Waals surface area contributed by atoms with Crippen molar-refractivity contribution in [1.29, 1.82) is 0 Å². The van der Waals surface area contributed by atoms with Crippen LogP contribution in [-0.2, 0) is 0 Å². The molecule has 15 heavy (non-hydrogen) atoms. The Morgan fingerprint density at radius 3 is 3.07 bits per heavy atom. The van der Waals surface area contributed by atoms with Crippen LogP contribution < -0.4 is 4.90 Å². The summed E-state index contributed by atoms with van der Waals surface area (Å²) in [6.45, 7) is 4.48. The summed E-state index contributed by atoms with van der Waals surface area (Å²) in [7, 11) is 0. The number of halogens is 2. The van der Waals surface area contributed by atoms with E-state index in [1.54, 1.807) is 6.33 Å². The second-order valence-corrected chi connectivity index (χ2v) is 6.03. The largest absolute Gasteiger partial charge is 0.355 e. The van der Waals surface area contributed by atoms with Gasteiger partial charge < -0.3 is 4.90 Å². The molecule has 1 aliphatic rings. The number of nitrogens with zero attached hydrogens (tertiary/aromatic N) is 3. The van der Waals surface area contributed by atoms with Crippen LogP contribution in [0, 0.1) is 8.99 Å². The molecule has 1 unspecified atom stereocenters. The smallest absolute Gasteiger partial charge is 0.145 e. The Bertz CT molecular complexity index is 360. The zero-order valence-electron chi connectivity index (χ0n) is 8.58. The summed E-state index contributed by atoms with van der Waals surface area (Å²) in [6, 6.07) is 0. The molecular formula is C10H13BrIN3. The van der Waals surface area contributed by atoms with E-state index in [0.717, 1.165) is 27.8 Å². The van der Waals surface area contributed by atoms with E-state index in [1.807, 2.05) is 6.20 Å². The first-order chi connectivity index (χ1) is 7.14. The molecule has 2 rings (SSSR count). The fourth-order valence-electron chi connectivity index (χ4n) is 1.85. The molecule has 0 spiro atoms. The average Bonchev–Trinajstić information content (AvgIpc) is 2.63. The van der Waals surface area contributed by atoms with Gasteiger partial charge in [-0.15, -0.1) is 0 Å². The molecule has 1 saturated heterocycles. The Kier molecular flexibility index (Phi) is 3.49. The van der Waals surface area contributed by atoms with Crippen LogP contribution >= 0.6 is 38.5 Å². The molecule has 0 bridgehead atoms. The summed E-state index contributed by atoms with van der Waals surface area (Å²) in [6.07, 6.45) is 4.71. The predicted octanol–water partition coefficient (Wildman–Crippen LogP) is 2.69. The van der Waals surface area contributed by atoms with Crippen LogP contribution in [0.3, 0.4) is 0 Å². The lowest BCUT2D eigenvalue weighted by atomic mass is 9.93. The topological polar surface area (TPSA) is 29.0 Å². The Labute approximate surface area is 112 Å². The monoisotopic (exact) mass is 381 g/mol. The number of aromatic nitrogens is 2. The van der Waals surface area contributed by atoms with E-state index in [9.17, 15) is 0 Å². The minimum atomic E-state index is 0.383. The van der Waals surface area contributed by atoms with Gasteiger partial charge in [0.2, 0.25) is 0 Å². The molecule has 1 aromatic heterocycles. The maximum absolute atomic E-state index is 4.35. The van der Waals surface area contributed by atoms with Crippen LogP contribution in [0.15, 0.2) is 12.5 Å². The summed E-state index contributed by atoms with van der Waals surface area (Å²) >= 11 is 5.89. The predicted molar refractivity (Wildman–Crippen MR) is 73.5 cm³/mol. The number of rotatable bonds is 2. The van der Waals surface area contributed by atoms with Crippen LogP contribution in [0.1, 0.15) is 13.3 Å². The highest BCUT2D eigenvalue weighted by atomic mass is 127. The van der Waals surface area contributed by atoms with Gasteiger partial charge >= 0.3 is 0 Å². The molecule has 0 amide bonds. The van der Waals surface area contributed by atoms with E-state index in [-0.39, 0.29) is 0 Å². The van der Waals surface area contributed by atoms with E-state index in [2.05, 4.69) is 60.3 Å². The second-order valence-electron chi connectivity index (χ2n) is 4.31. The van der Waals surface area contributed by atoms with Crippen molar-refractivity contribution in [2.75, 3.05) is 23.3 Å². The highest BCUT2D eigenvalue weighted by Gasteiger charge is 2.33. The summed E-state index contributed by atoms with van der Waals surface area (Å²) in [5, 5.41) is 1.05. The normalized spacial score (nSPS) is 25.9. The van der Waals surface area contributed by atoms with Gasteiger partial charge in [0.05, 0.1) is 3.57 Å². The minimum Gasteiger partial charge on any atom is -0.355 e. The van der Waals surface area contributed by atoms with Crippen LogP contribution in [0.25, 0.3) is 0 Å². The molecule has 3 nitrogen and oxygen atoms in total. The summed E-state index contributed by atoms with van der Waals surface area (Å²) < 4.78 is 1.13. The fourth-order valence-corrected chi connectivity index (χ4v) is 2.95. The van der Waals surface area contributed by atoms with Gasteiger partial charge in [-0.2, -0.15) is 0 Å². The van der Waals surface area contributed by atoms with Crippen LogP contribution in [0.2, 0.25) is 0 Å². The molecule has 5 heteroatoms. The van der Waals surface area contributed by atoms with Gasteiger partial charge in [0.25, 0.3) is 0 Å². The van der Waals surface area contributed by atoms with Gasteiger partial charge in [-0.3, -0.25) is 0 Å². The van der Waals surface area contributed by atoms with Crippen molar-refractivity contribution in [2.45, 2.75) is 13.3 Å². The van der Waals surface area contributed by atoms with E-state index < -0.39 is 0 Å². The highest BCUT2D eigenvalue weighted by molar-refractivity contribution is 14.1. The van der Waals surface area contributed by atoms with Crippen molar-refractivity contribution in [2.24, 2.45) is 5.41 Å². The number of anilines is 1. The summed E-state index contributed by atoms with van der Waals surface area (Å²) in [4.78, 5) is 10.7. The quantitative estimate of drug-likeness (QED) is 0.582. The Hall–Kier alpha value is 0.0900. The molecule has 2 heterocycles. The lowest BCUT2D eigenvalue weighted by Gasteiger charge is -2.23. The van der Waals surface area contributed by atoms with Crippen LogP contribution in [0.5, 0.6) is 0 Å². The van der Waals surface area contributed by atoms with Gasteiger partial charge in [0.1, 0.15) is 12.1 Å². The van der Waals surface area contributed by atoms with Crippen molar-refractivity contribution in [3.63, 3.8) is 0 Å². The van der Waals surface area contributed by atoms with E-state index in [1.165, 1.54) is 6.42 Å². The Morgan fingerprint density at radius 1 is 1.67 bits per heavy atom. The van der Waals surface area contributed by atoms with E-state index >= 15 is 0 Å². The lowest BCUT2D eigenvalue weighted by molar-refractivity contribution is 0.432. The molecule has 1 atom stereocenters. The molecule has 82 valence electrons. The molecule has 1 aliphatic heterocycles. The molecule has 1 fully saturated rings. The molecule has 0 radical (unpaired) electrons. The van der Waals surface area contributed by atoms with E-state index in [0.29, 0.717) is 5.41 Å². The van der Waals surface area contributed by atoms with E-state index in [4.69, 9.17) is 0 Å². The minimum absolute atomic E-state index is 0.383. The first-order valence-corrected chi connectivity index (χ1v) is 7.11. The van der Waals surface area contributed by atoms with Gasteiger partial charge in [-0.25, -0.2) is 9.97 Å².